The van der Waals surface area contributed by atoms with Crippen molar-refractivity contribution >= 4 is 12.3 Å². The first-order chi connectivity index (χ1) is 6.02. The lowest BCUT2D eigenvalue weighted by molar-refractivity contribution is -0.485. The summed E-state index contributed by atoms with van der Waals surface area (Å²) in [5, 5.41) is 12.5. The SMILES string of the molecule is CC1N(C)C=N/C(=N/[N+](=O)[O-])N1C. The van der Waals surface area contributed by atoms with Crippen LogP contribution in [0.25, 0.3) is 0 Å². The topological polar surface area (TPSA) is 74.3 Å². The molecule has 7 heteroatoms. The highest BCUT2D eigenvalue weighted by molar-refractivity contribution is 5.88. The molecule has 0 aromatic heterocycles. The van der Waals surface area contributed by atoms with Crippen LogP contribution in [0.3, 0.4) is 0 Å². The summed E-state index contributed by atoms with van der Waals surface area (Å²) in [7, 11) is 3.55. The van der Waals surface area contributed by atoms with Gasteiger partial charge in [-0.2, -0.15) is 4.99 Å². The Balaban J connectivity index is 2.90. The second-order valence-electron chi connectivity index (χ2n) is 2.79. The molecule has 0 aliphatic carbocycles. The molecule has 0 bridgehead atoms. The molecule has 0 spiro atoms. The third kappa shape index (κ3) is 1.92. The average Bonchev–Trinajstić information content (AvgIpc) is 2.06. The van der Waals surface area contributed by atoms with E-state index in [0.29, 0.717) is 0 Å². The molecular weight excluding hydrogens is 174 g/mol. The largest absolute Gasteiger partial charge is 0.345 e. The van der Waals surface area contributed by atoms with E-state index in [2.05, 4.69) is 10.1 Å². The summed E-state index contributed by atoms with van der Waals surface area (Å²) in [4.78, 5) is 17.4. The maximum atomic E-state index is 10.1. The van der Waals surface area contributed by atoms with Crippen molar-refractivity contribution in [2.24, 2.45) is 10.1 Å². The lowest BCUT2D eigenvalue weighted by Crippen LogP contribution is -2.48. The third-order valence-corrected chi connectivity index (χ3v) is 1.99. The molecular formula is C6H11N5O2. The molecule has 0 amide bonds. The molecule has 1 unspecified atom stereocenters. The molecule has 0 saturated carbocycles. The Hall–Kier alpha value is -1.66. The summed E-state index contributed by atoms with van der Waals surface area (Å²) in [5.41, 5.74) is 0. The second kappa shape index (κ2) is 3.38. The first kappa shape index (κ1) is 9.43. The van der Waals surface area contributed by atoms with E-state index in [4.69, 9.17) is 0 Å². The number of nitrogens with zero attached hydrogens (tertiary/aromatic N) is 5. The fraction of sp³-hybridized carbons (Fsp3) is 0.667. The van der Waals surface area contributed by atoms with Crippen molar-refractivity contribution in [2.45, 2.75) is 13.1 Å². The second-order valence-corrected chi connectivity index (χ2v) is 2.79. The monoisotopic (exact) mass is 185 g/mol. The number of nitro groups is 1. The molecule has 0 radical (unpaired) electrons. The predicted octanol–water partition coefficient (Wildman–Crippen LogP) is -0.214. The van der Waals surface area contributed by atoms with Gasteiger partial charge in [-0.05, 0) is 6.92 Å². The normalized spacial score (nSPS) is 25.5. The maximum Gasteiger partial charge on any atom is 0.300 e. The number of aliphatic imine (C=N–C) groups is 1. The van der Waals surface area contributed by atoms with E-state index in [-0.39, 0.29) is 12.1 Å². The van der Waals surface area contributed by atoms with Gasteiger partial charge in [0.05, 0.1) is 6.34 Å². The molecule has 0 aromatic carbocycles. The molecule has 1 aliphatic heterocycles. The molecule has 1 atom stereocenters. The van der Waals surface area contributed by atoms with E-state index < -0.39 is 5.03 Å². The number of hydrazone groups is 1. The molecule has 0 fully saturated rings. The molecule has 0 aromatic rings. The summed E-state index contributed by atoms with van der Waals surface area (Å²) in [6.45, 7) is 1.90. The number of hydrogen-bond acceptors (Lipinski definition) is 3. The zero-order chi connectivity index (χ0) is 10.0. The number of hydrogen-bond donors (Lipinski definition) is 0. The van der Waals surface area contributed by atoms with Gasteiger partial charge in [-0.15, -0.1) is 0 Å². The molecule has 72 valence electrons. The van der Waals surface area contributed by atoms with Crippen molar-refractivity contribution in [2.75, 3.05) is 14.1 Å². The van der Waals surface area contributed by atoms with E-state index in [0.717, 1.165) is 0 Å². The summed E-state index contributed by atoms with van der Waals surface area (Å²) in [6.07, 6.45) is 1.55. The van der Waals surface area contributed by atoms with E-state index in [9.17, 15) is 10.1 Å². The molecule has 1 rings (SSSR count). The van der Waals surface area contributed by atoms with Crippen molar-refractivity contribution in [3.8, 4) is 0 Å². The van der Waals surface area contributed by atoms with Crippen LogP contribution >= 0.6 is 0 Å². The van der Waals surface area contributed by atoms with Gasteiger partial charge in [0.15, 0.2) is 5.03 Å². The lowest BCUT2D eigenvalue weighted by atomic mass is 10.4. The van der Waals surface area contributed by atoms with Crippen LogP contribution in [0, 0.1) is 10.1 Å². The Kier molecular flexibility index (Phi) is 2.45. The van der Waals surface area contributed by atoms with Gasteiger partial charge < -0.3 is 9.80 Å². The molecule has 1 heterocycles. The van der Waals surface area contributed by atoms with Crippen LogP contribution < -0.4 is 0 Å². The van der Waals surface area contributed by atoms with E-state index in [1.54, 1.807) is 11.9 Å². The highest BCUT2D eigenvalue weighted by atomic mass is 16.7. The highest BCUT2D eigenvalue weighted by Gasteiger charge is 2.22. The molecule has 0 saturated heterocycles. The van der Waals surface area contributed by atoms with E-state index in [1.165, 1.54) is 6.34 Å². The summed E-state index contributed by atoms with van der Waals surface area (Å²) in [5.74, 6) is 0.121. The van der Waals surface area contributed by atoms with E-state index in [1.807, 2.05) is 18.9 Å². The van der Waals surface area contributed by atoms with Gasteiger partial charge in [0.1, 0.15) is 11.3 Å². The van der Waals surface area contributed by atoms with Gasteiger partial charge in [-0.3, -0.25) is 0 Å². The minimum absolute atomic E-state index is 0.0243. The summed E-state index contributed by atoms with van der Waals surface area (Å²) < 4.78 is 0. The molecule has 13 heavy (non-hydrogen) atoms. The predicted molar refractivity (Wildman–Crippen MR) is 47.9 cm³/mol. The zero-order valence-electron chi connectivity index (χ0n) is 7.71. The van der Waals surface area contributed by atoms with Crippen molar-refractivity contribution in [1.29, 1.82) is 0 Å². The summed E-state index contributed by atoms with van der Waals surface area (Å²) >= 11 is 0. The van der Waals surface area contributed by atoms with Gasteiger partial charge in [0, 0.05) is 14.1 Å². The Bertz CT molecular complexity index is 274. The Morgan fingerprint density at radius 1 is 1.69 bits per heavy atom. The molecule has 7 nitrogen and oxygen atoms in total. The minimum atomic E-state index is -0.749. The van der Waals surface area contributed by atoms with Crippen molar-refractivity contribution in [3.63, 3.8) is 0 Å². The highest BCUT2D eigenvalue weighted by Crippen LogP contribution is 2.06. The molecule has 1 aliphatic rings. The zero-order valence-corrected chi connectivity index (χ0v) is 7.71. The Morgan fingerprint density at radius 2 is 2.31 bits per heavy atom. The van der Waals surface area contributed by atoms with Crippen LogP contribution in [0.5, 0.6) is 0 Å². The first-order valence-electron chi connectivity index (χ1n) is 3.74. The van der Waals surface area contributed by atoms with Gasteiger partial charge in [0.25, 0.3) is 5.96 Å². The third-order valence-electron chi connectivity index (χ3n) is 1.99. The van der Waals surface area contributed by atoms with Gasteiger partial charge >= 0.3 is 0 Å². The van der Waals surface area contributed by atoms with Crippen molar-refractivity contribution in [3.05, 3.63) is 10.1 Å². The van der Waals surface area contributed by atoms with Crippen LogP contribution in [0.2, 0.25) is 0 Å². The standard InChI is InChI=1S/C6H11N5O2/c1-5-9(2)4-7-6(10(5)3)8-11(12)13/h4-5H,1-3H3/b8-6-. The van der Waals surface area contributed by atoms with Crippen LogP contribution in [0.1, 0.15) is 6.92 Å². The Morgan fingerprint density at radius 3 is 2.85 bits per heavy atom. The van der Waals surface area contributed by atoms with Crippen LogP contribution in [-0.2, 0) is 0 Å². The Labute approximate surface area is 75.5 Å². The lowest BCUT2D eigenvalue weighted by Gasteiger charge is -2.34. The molecule has 0 N–H and O–H groups in total. The van der Waals surface area contributed by atoms with Crippen molar-refractivity contribution in [1.82, 2.24) is 9.80 Å². The maximum absolute atomic E-state index is 10.1. The average molecular weight is 185 g/mol. The van der Waals surface area contributed by atoms with Crippen molar-refractivity contribution < 1.29 is 5.03 Å². The van der Waals surface area contributed by atoms with Gasteiger partial charge in [-0.25, -0.2) is 10.1 Å². The fourth-order valence-electron chi connectivity index (χ4n) is 0.940. The van der Waals surface area contributed by atoms with Crippen LogP contribution in [0.4, 0.5) is 0 Å². The van der Waals surface area contributed by atoms with Crippen LogP contribution in [-0.4, -0.2) is 47.4 Å². The number of guanidine groups is 1. The summed E-state index contributed by atoms with van der Waals surface area (Å²) in [6, 6.07) is 0. The van der Waals surface area contributed by atoms with E-state index >= 15 is 0 Å². The smallest absolute Gasteiger partial charge is 0.300 e. The quantitative estimate of drug-likeness (QED) is 0.418. The first-order valence-corrected chi connectivity index (χ1v) is 3.74. The van der Waals surface area contributed by atoms with Gasteiger partial charge in [0.2, 0.25) is 0 Å². The number of rotatable bonds is 1. The fourth-order valence-corrected chi connectivity index (χ4v) is 0.940. The van der Waals surface area contributed by atoms with Gasteiger partial charge in [-0.1, -0.05) is 0 Å². The minimum Gasteiger partial charge on any atom is -0.345 e. The van der Waals surface area contributed by atoms with Crippen LogP contribution in [0.15, 0.2) is 10.1 Å².